The molecule has 0 radical (unpaired) electrons. The van der Waals surface area contributed by atoms with Gasteiger partial charge in [0.25, 0.3) is 0 Å². The number of carbonyl (C=O) groups excluding carboxylic acids is 2. The van der Waals surface area contributed by atoms with Crippen molar-refractivity contribution in [2.45, 2.75) is 6.42 Å². The van der Waals surface area contributed by atoms with E-state index in [2.05, 4.69) is 10.4 Å². The first-order valence-corrected chi connectivity index (χ1v) is 7.82. The number of amides is 2. The van der Waals surface area contributed by atoms with E-state index in [4.69, 9.17) is 11.6 Å². The average Bonchev–Trinajstić information content (AvgIpc) is 3.10. The van der Waals surface area contributed by atoms with Crippen molar-refractivity contribution in [1.82, 2.24) is 14.7 Å². The summed E-state index contributed by atoms with van der Waals surface area (Å²) < 4.78 is 27.9. The molecule has 0 spiro atoms. The van der Waals surface area contributed by atoms with Gasteiger partial charge in [-0.05, 0) is 24.6 Å². The minimum absolute atomic E-state index is 0.248. The van der Waals surface area contributed by atoms with Crippen LogP contribution in [0.2, 0.25) is 5.15 Å². The topological polar surface area (TPSA) is 67.2 Å². The highest BCUT2D eigenvalue weighted by molar-refractivity contribution is 6.29. The Morgan fingerprint density at radius 2 is 2.04 bits per heavy atom. The van der Waals surface area contributed by atoms with Crippen molar-refractivity contribution < 1.29 is 18.4 Å². The summed E-state index contributed by atoms with van der Waals surface area (Å²) in [5.41, 5.74) is -0.248. The van der Waals surface area contributed by atoms with Crippen LogP contribution in [0, 0.1) is 17.6 Å². The monoisotopic (exact) mass is 370 g/mol. The van der Waals surface area contributed by atoms with Crippen molar-refractivity contribution in [2.75, 3.05) is 18.9 Å². The van der Waals surface area contributed by atoms with Gasteiger partial charge in [0.15, 0.2) is 16.8 Å². The fraction of sp³-hybridized carbons (Fsp3) is 0.312. The number of rotatable bonds is 2. The summed E-state index contributed by atoms with van der Waals surface area (Å²) in [5, 5.41) is 6.58. The number of nitrogens with zero attached hydrogens (tertiary/aromatic N) is 3. The number of likely N-dealkylation sites (tertiary alicyclic amines) is 1. The Balaban J connectivity index is 0.000000269. The van der Waals surface area contributed by atoms with Crippen LogP contribution in [-0.2, 0) is 16.6 Å². The van der Waals surface area contributed by atoms with Gasteiger partial charge >= 0.3 is 0 Å². The third kappa shape index (κ3) is 4.76. The molecule has 1 N–H and O–H groups in total. The van der Waals surface area contributed by atoms with Gasteiger partial charge in [0.2, 0.25) is 11.8 Å². The van der Waals surface area contributed by atoms with Gasteiger partial charge in [0.1, 0.15) is 5.92 Å². The predicted molar refractivity (Wildman–Crippen MR) is 88.9 cm³/mol. The van der Waals surface area contributed by atoms with Gasteiger partial charge in [-0.2, -0.15) is 5.10 Å². The second-order valence-corrected chi connectivity index (χ2v) is 5.89. The first kappa shape index (κ1) is 18.9. The van der Waals surface area contributed by atoms with E-state index < -0.39 is 23.5 Å². The molecule has 1 atom stereocenters. The smallest absolute Gasteiger partial charge is 0.237 e. The van der Waals surface area contributed by atoms with Gasteiger partial charge in [0.05, 0.1) is 5.69 Å². The molecule has 134 valence electrons. The minimum atomic E-state index is -1.12. The van der Waals surface area contributed by atoms with E-state index in [-0.39, 0.29) is 11.6 Å². The van der Waals surface area contributed by atoms with Crippen molar-refractivity contribution in [1.29, 1.82) is 0 Å². The Hall–Kier alpha value is -2.48. The maximum Gasteiger partial charge on any atom is 0.237 e. The summed E-state index contributed by atoms with van der Waals surface area (Å²) in [6.07, 6.45) is 2.18. The van der Waals surface area contributed by atoms with Gasteiger partial charge in [-0.15, -0.1) is 0 Å². The maximum absolute atomic E-state index is 13.3. The van der Waals surface area contributed by atoms with Crippen molar-refractivity contribution in [3.63, 3.8) is 0 Å². The van der Waals surface area contributed by atoms with Crippen LogP contribution in [-0.4, -0.2) is 40.1 Å². The molecule has 0 saturated carbocycles. The second kappa shape index (κ2) is 8.06. The van der Waals surface area contributed by atoms with Crippen molar-refractivity contribution in [3.8, 4) is 0 Å². The number of halogens is 3. The molecule has 1 aromatic heterocycles. The van der Waals surface area contributed by atoms with Crippen molar-refractivity contribution >= 4 is 29.1 Å². The Kier molecular flexibility index (Phi) is 6.08. The third-order valence-electron chi connectivity index (χ3n) is 3.63. The second-order valence-electron chi connectivity index (χ2n) is 5.50. The fourth-order valence-electron chi connectivity index (χ4n) is 2.27. The molecule has 0 unspecified atom stereocenters. The first-order valence-electron chi connectivity index (χ1n) is 7.44. The Bertz CT molecular complexity index is 765. The zero-order valence-electron chi connectivity index (χ0n) is 13.7. The molecule has 0 aliphatic carbocycles. The molecule has 0 bridgehead atoms. The molecule has 1 aliphatic heterocycles. The maximum atomic E-state index is 13.3. The predicted octanol–water partition coefficient (Wildman–Crippen LogP) is 2.46. The van der Waals surface area contributed by atoms with Crippen molar-refractivity contribution in [3.05, 3.63) is 47.2 Å². The van der Waals surface area contributed by atoms with E-state index in [0.29, 0.717) is 18.1 Å². The van der Waals surface area contributed by atoms with Crippen LogP contribution in [0.4, 0.5) is 14.5 Å². The quantitative estimate of drug-likeness (QED) is 0.826. The van der Waals surface area contributed by atoms with Gasteiger partial charge in [0, 0.05) is 26.8 Å². The van der Waals surface area contributed by atoms with Crippen LogP contribution in [0.15, 0.2) is 30.5 Å². The van der Waals surface area contributed by atoms with Crippen LogP contribution in [0.5, 0.6) is 0 Å². The standard InChI is InChI=1S/C12H12F2N2O2.C4H5ClN2/c1-16-6-5-7(12(16)18)11(17)15-9-4-2-3-8(13)10(9)14;1-7-3-2-4(5)6-7/h2-4,7H,5-6H2,1H3,(H,15,17);2-3H,1H3/t7-;/m0./s1. The summed E-state index contributed by atoms with van der Waals surface area (Å²) in [6.45, 7) is 0.489. The van der Waals surface area contributed by atoms with Crippen LogP contribution in [0.25, 0.3) is 0 Å². The van der Waals surface area contributed by atoms with E-state index >= 15 is 0 Å². The molecule has 6 nitrogen and oxygen atoms in total. The van der Waals surface area contributed by atoms with Crippen molar-refractivity contribution in [2.24, 2.45) is 13.0 Å². The molecule has 1 aliphatic rings. The number of benzene rings is 1. The lowest BCUT2D eigenvalue weighted by Gasteiger charge is -2.11. The van der Waals surface area contributed by atoms with Gasteiger partial charge in [-0.25, -0.2) is 8.78 Å². The fourth-order valence-corrected chi connectivity index (χ4v) is 2.45. The summed E-state index contributed by atoms with van der Waals surface area (Å²) in [5.74, 6) is -3.89. The van der Waals surface area contributed by atoms with Gasteiger partial charge in [-0.1, -0.05) is 17.7 Å². The van der Waals surface area contributed by atoms with Crippen LogP contribution in [0.3, 0.4) is 0 Å². The van der Waals surface area contributed by atoms with E-state index in [1.165, 1.54) is 17.0 Å². The molecule has 2 amide bonds. The zero-order chi connectivity index (χ0) is 18.6. The van der Waals surface area contributed by atoms with Gasteiger partial charge in [-0.3, -0.25) is 14.3 Å². The molecule has 1 aromatic carbocycles. The molecule has 1 saturated heterocycles. The molecule has 9 heteroatoms. The summed E-state index contributed by atoms with van der Waals surface area (Å²) in [7, 11) is 3.42. The van der Waals surface area contributed by atoms with E-state index in [1.54, 1.807) is 24.0 Å². The highest BCUT2D eigenvalue weighted by atomic mass is 35.5. The van der Waals surface area contributed by atoms with E-state index in [0.717, 1.165) is 6.07 Å². The number of anilines is 1. The summed E-state index contributed by atoms with van der Waals surface area (Å²) in [6, 6.07) is 5.23. The molecule has 2 aromatic rings. The summed E-state index contributed by atoms with van der Waals surface area (Å²) >= 11 is 5.43. The van der Waals surface area contributed by atoms with Gasteiger partial charge < -0.3 is 10.2 Å². The highest BCUT2D eigenvalue weighted by Crippen LogP contribution is 2.21. The molecular weight excluding hydrogens is 354 g/mol. The number of carbonyl (C=O) groups is 2. The highest BCUT2D eigenvalue weighted by Gasteiger charge is 2.35. The SMILES string of the molecule is CN1CC[C@@H](C(=O)Nc2cccc(F)c2F)C1=O.Cn1ccc(Cl)n1. The lowest BCUT2D eigenvalue weighted by molar-refractivity contribution is -0.134. The number of hydrogen-bond acceptors (Lipinski definition) is 3. The summed E-state index contributed by atoms with van der Waals surface area (Å²) in [4.78, 5) is 24.8. The number of aromatic nitrogens is 2. The van der Waals surface area contributed by atoms with Crippen LogP contribution in [0.1, 0.15) is 6.42 Å². The molecular formula is C16H17ClF2N4O2. The Morgan fingerprint density at radius 1 is 1.32 bits per heavy atom. The molecule has 1 fully saturated rings. The Labute approximate surface area is 148 Å². The van der Waals surface area contributed by atoms with E-state index in [9.17, 15) is 18.4 Å². The molecule has 25 heavy (non-hydrogen) atoms. The Morgan fingerprint density at radius 3 is 2.52 bits per heavy atom. The lowest BCUT2D eigenvalue weighted by atomic mass is 10.1. The molecule has 3 rings (SSSR count). The average molecular weight is 371 g/mol. The largest absolute Gasteiger partial charge is 0.345 e. The normalized spacial score (nSPS) is 16.4. The van der Waals surface area contributed by atoms with Crippen LogP contribution < -0.4 is 5.32 Å². The third-order valence-corrected chi connectivity index (χ3v) is 3.84. The minimum Gasteiger partial charge on any atom is -0.345 e. The zero-order valence-corrected chi connectivity index (χ0v) is 14.4. The number of hydrogen-bond donors (Lipinski definition) is 1. The lowest BCUT2D eigenvalue weighted by Crippen LogP contribution is -2.31. The number of nitrogens with one attached hydrogen (secondary N) is 1. The number of aryl methyl sites for hydroxylation is 1. The first-order chi connectivity index (χ1) is 11.8. The molecule has 2 heterocycles. The van der Waals surface area contributed by atoms with E-state index in [1.807, 2.05) is 7.05 Å². The van der Waals surface area contributed by atoms with Crippen LogP contribution >= 0.6 is 11.6 Å².